The normalized spacial score (nSPS) is 13.4. The third-order valence-electron chi connectivity index (χ3n) is 5.65. The van der Waals surface area contributed by atoms with Gasteiger partial charge in [0.05, 0.1) is 23.4 Å². The number of benzene rings is 3. The van der Waals surface area contributed by atoms with E-state index < -0.39 is 10.0 Å². The molecular formula is C25H26N2O4S. The number of carbonyl (C=O) groups excluding carboxylic acids is 1. The Morgan fingerprint density at radius 2 is 1.78 bits per heavy atom. The molecule has 6 nitrogen and oxygen atoms in total. The van der Waals surface area contributed by atoms with E-state index in [0.29, 0.717) is 23.5 Å². The Morgan fingerprint density at radius 3 is 2.50 bits per heavy atom. The summed E-state index contributed by atoms with van der Waals surface area (Å²) in [4.78, 5) is 15.3. The van der Waals surface area contributed by atoms with Gasteiger partial charge in [-0.05, 0) is 61.7 Å². The average molecular weight is 451 g/mol. The van der Waals surface area contributed by atoms with E-state index in [9.17, 15) is 13.2 Å². The molecule has 0 unspecified atom stereocenters. The zero-order valence-electron chi connectivity index (χ0n) is 18.2. The summed E-state index contributed by atoms with van der Waals surface area (Å²) in [7, 11) is -2.24. The molecule has 0 aliphatic carbocycles. The van der Waals surface area contributed by atoms with E-state index >= 15 is 0 Å². The molecule has 3 aromatic carbocycles. The molecule has 0 aromatic heterocycles. The lowest BCUT2D eigenvalue weighted by Crippen LogP contribution is -2.36. The number of ether oxygens (including phenoxy) is 1. The van der Waals surface area contributed by atoms with Crippen molar-refractivity contribution in [2.45, 2.75) is 24.7 Å². The number of hydrogen-bond donors (Lipinski definition) is 0. The largest absolute Gasteiger partial charge is 0.495 e. The van der Waals surface area contributed by atoms with Crippen molar-refractivity contribution < 1.29 is 17.9 Å². The molecule has 1 amide bonds. The maximum Gasteiger partial charge on any atom is 0.264 e. The third-order valence-corrected chi connectivity index (χ3v) is 7.54. The van der Waals surface area contributed by atoms with Crippen molar-refractivity contribution in [3.63, 3.8) is 0 Å². The number of anilines is 2. The first-order valence-electron chi connectivity index (χ1n) is 10.6. The molecule has 4 rings (SSSR count). The molecule has 0 saturated carbocycles. The van der Waals surface area contributed by atoms with Gasteiger partial charge in [0, 0.05) is 18.7 Å². The Kier molecular flexibility index (Phi) is 6.19. The molecule has 3 aromatic rings. The van der Waals surface area contributed by atoms with Gasteiger partial charge < -0.3 is 9.64 Å². The molecule has 0 N–H and O–H groups in total. The minimum absolute atomic E-state index is 0.0892. The van der Waals surface area contributed by atoms with Gasteiger partial charge in [-0.15, -0.1) is 0 Å². The molecule has 1 aliphatic heterocycles. The maximum absolute atomic E-state index is 13.5. The van der Waals surface area contributed by atoms with Gasteiger partial charge in [-0.25, -0.2) is 8.42 Å². The SMILES string of the molecule is CCN(c1ccccc1)S(=O)(=O)c1cccc(C(=O)N2CCCc3cccc(OC)c32)c1. The first-order valence-corrected chi connectivity index (χ1v) is 12.1. The molecule has 0 radical (unpaired) electrons. The molecular weight excluding hydrogens is 424 g/mol. The van der Waals surface area contributed by atoms with Crippen LogP contribution < -0.4 is 13.9 Å². The number of amides is 1. The van der Waals surface area contributed by atoms with E-state index in [1.54, 1.807) is 55.3 Å². The lowest BCUT2D eigenvalue weighted by molar-refractivity contribution is 0.0984. The van der Waals surface area contributed by atoms with E-state index in [4.69, 9.17) is 4.74 Å². The molecule has 32 heavy (non-hydrogen) atoms. The Bertz CT molecular complexity index is 1210. The van der Waals surface area contributed by atoms with E-state index in [-0.39, 0.29) is 17.3 Å². The second kappa shape index (κ2) is 9.04. The highest BCUT2D eigenvalue weighted by atomic mass is 32.2. The van der Waals surface area contributed by atoms with Crippen LogP contribution in [0.15, 0.2) is 77.7 Å². The molecule has 0 atom stereocenters. The quantitative estimate of drug-likeness (QED) is 0.554. The van der Waals surface area contributed by atoms with Crippen LogP contribution in [0, 0.1) is 0 Å². The van der Waals surface area contributed by atoms with Crippen molar-refractivity contribution in [1.82, 2.24) is 0 Å². The summed E-state index contributed by atoms with van der Waals surface area (Å²) >= 11 is 0. The predicted octanol–water partition coefficient (Wildman–Crippen LogP) is 4.50. The van der Waals surface area contributed by atoms with Gasteiger partial charge >= 0.3 is 0 Å². The van der Waals surface area contributed by atoms with Crippen LogP contribution in [0.4, 0.5) is 11.4 Å². The van der Waals surface area contributed by atoms with Gasteiger partial charge in [0.15, 0.2) is 0 Å². The highest BCUT2D eigenvalue weighted by Gasteiger charge is 2.29. The number of aryl methyl sites for hydroxylation is 1. The van der Waals surface area contributed by atoms with Crippen molar-refractivity contribution in [3.05, 3.63) is 83.9 Å². The van der Waals surface area contributed by atoms with Gasteiger partial charge in [0.25, 0.3) is 15.9 Å². The number of nitrogens with zero attached hydrogens (tertiary/aromatic N) is 2. The Labute approximate surface area is 189 Å². The standard InChI is InChI=1S/C25H26N2O4S/c1-3-27(21-13-5-4-6-14-21)32(29,30)22-15-7-11-20(18-22)25(28)26-17-9-12-19-10-8-16-23(31-2)24(19)26/h4-8,10-11,13-16,18H,3,9,12,17H2,1-2H3. The molecule has 7 heteroatoms. The fourth-order valence-corrected chi connectivity index (χ4v) is 5.66. The zero-order valence-corrected chi connectivity index (χ0v) is 19.0. The van der Waals surface area contributed by atoms with Gasteiger partial charge in [0.1, 0.15) is 5.75 Å². The number of hydrogen-bond acceptors (Lipinski definition) is 4. The van der Waals surface area contributed by atoms with Crippen LogP contribution in [0.3, 0.4) is 0 Å². The Balaban J connectivity index is 1.71. The summed E-state index contributed by atoms with van der Waals surface area (Å²) in [6, 6.07) is 21.0. The van der Waals surface area contributed by atoms with Crippen molar-refractivity contribution >= 4 is 27.3 Å². The first kappa shape index (κ1) is 21.9. The van der Waals surface area contributed by atoms with Crippen LogP contribution >= 0.6 is 0 Å². The summed E-state index contributed by atoms with van der Waals surface area (Å²) in [5.74, 6) is 0.399. The summed E-state index contributed by atoms with van der Waals surface area (Å²) in [5.41, 5.74) is 2.73. The van der Waals surface area contributed by atoms with Crippen LogP contribution in [-0.2, 0) is 16.4 Å². The summed E-state index contributed by atoms with van der Waals surface area (Å²) in [6.45, 7) is 2.62. The van der Waals surface area contributed by atoms with Crippen molar-refractivity contribution in [1.29, 1.82) is 0 Å². The van der Waals surface area contributed by atoms with Crippen LogP contribution in [-0.4, -0.2) is 34.5 Å². The minimum Gasteiger partial charge on any atom is -0.495 e. The summed E-state index contributed by atoms with van der Waals surface area (Å²) in [5, 5.41) is 0. The minimum atomic E-state index is -3.83. The van der Waals surface area contributed by atoms with Gasteiger partial charge in [-0.1, -0.05) is 36.4 Å². The molecule has 0 fully saturated rings. The van der Waals surface area contributed by atoms with Crippen LogP contribution in [0.1, 0.15) is 29.3 Å². The van der Waals surface area contributed by atoms with Gasteiger partial charge in [-0.3, -0.25) is 9.10 Å². The third kappa shape index (κ3) is 3.96. The maximum atomic E-state index is 13.5. The van der Waals surface area contributed by atoms with Crippen molar-refractivity contribution in [2.24, 2.45) is 0 Å². The second-order valence-electron chi connectivity index (χ2n) is 7.56. The molecule has 1 aliphatic rings. The van der Waals surface area contributed by atoms with Crippen LogP contribution in [0.2, 0.25) is 0 Å². The number of rotatable bonds is 6. The first-order chi connectivity index (χ1) is 15.5. The molecule has 1 heterocycles. The van der Waals surface area contributed by atoms with E-state index in [1.807, 2.05) is 24.3 Å². The smallest absolute Gasteiger partial charge is 0.264 e. The summed E-state index contributed by atoms with van der Waals surface area (Å²) in [6.07, 6.45) is 1.70. The van der Waals surface area contributed by atoms with E-state index in [1.165, 1.54) is 16.4 Å². The van der Waals surface area contributed by atoms with Crippen LogP contribution in [0.5, 0.6) is 5.75 Å². The predicted molar refractivity (Wildman–Crippen MR) is 126 cm³/mol. The number of sulfonamides is 1. The lowest BCUT2D eigenvalue weighted by atomic mass is 10.00. The van der Waals surface area contributed by atoms with E-state index in [0.717, 1.165) is 24.1 Å². The molecule has 0 bridgehead atoms. The fourth-order valence-electron chi connectivity index (χ4n) is 4.14. The monoisotopic (exact) mass is 450 g/mol. The van der Waals surface area contributed by atoms with E-state index in [2.05, 4.69) is 0 Å². The van der Waals surface area contributed by atoms with Gasteiger partial charge in [0.2, 0.25) is 0 Å². The van der Waals surface area contributed by atoms with Crippen molar-refractivity contribution in [2.75, 3.05) is 29.4 Å². The van der Waals surface area contributed by atoms with Gasteiger partial charge in [-0.2, -0.15) is 0 Å². The lowest BCUT2D eigenvalue weighted by Gasteiger charge is -2.31. The number of methoxy groups -OCH3 is 1. The van der Waals surface area contributed by atoms with Crippen LogP contribution in [0.25, 0.3) is 0 Å². The molecule has 166 valence electrons. The Hall–Kier alpha value is -3.32. The van der Waals surface area contributed by atoms with Crippen molar-refractivity contribution in [3.8, 4) is 5.75 Å². The molecule has 0 saturated heterocycles. The summed E-state index contributed by atoms with van der Waals surface area (Å²) < 4.78 is 33.6. The Morgan fingerprint density at radius 1 is 1.03 bits per heavy atom. The highest BCUT2D eigenvalue weighted by Crippen LogP contribution is 2.37. The highest BCUT2D eigenvalue weighted by molar-refractivity contribution is 7.92. The number of fused-ring (bicyclic) bond motifs is 1. The number of carbonyl (C=O) groups is 1. The fraction of sp³-hybridized carbons (Fsp3) is 0.240. The average Bonchev–Trinajstić information content (AvgIpc) is 2.84. The molecule has 0 spiro atoms. The second-order valence-corrected chi connectivity index (χ2v) is 9.42. The number of para-hydroxylation sites is 2. The zero-order chi connectivity index (χ0) is 22.7. The topological polar surface area (TPSA) is 66.9 Å².